The minimum atomic E-state index is 0.0546. The summed E-state index contributed by atoms with van der Waals surface area (Å²) in [5.74, 6) is 1.02. The van der Waals surface area contributed by atoms with Crippen molar-refractivity contribution in [2.24, 2.45) is 0 Å². The fraction of sp³-hybridized carbons (Fsp3) is 0.250. The second kappa shape index (κ2) is 7.75. The van der Waals surface area contributed by atoms with Crippen LogP contribution in [0.5, 0.6) is 0 Å². The van der Waals surface area contributed by atoms with Gasteiger partial charge < -0.3 is 9.32 Å². The van der Waals surface area contributed by atoms with Crippen molar-refractivity contribution in [2.45, 2.75) is 26.3 Å². The molecule has 3 aromatic rings. The first-order chi connectivity index (χ1) is 12.1. The van der Waals surface area contributed by atoms with Gasteiger partial charge in [-0.15, -0.1) is 10.2 Å². The monoisotopic (exact) mass is 335 g/mol. The highest BCUT2D eigenvalue weighted by Crippen LogP contribution is 2.19. The quantitative estimate of drug-likeness (QED) is 0.690. The topological polar surface area (TPSA) is 59.2 Å². The molecular formula is C20H21N3O2. The predicted octanol–water partition coefficient (Wildman–Crippen LogP) is 3.64. The molecule has 5 nitrogen and oxygen atoms in total. The highest BCUT2D eigenvalue weighted by atomic mass is 16.4. The average Bonchev–Trinajstić information content (AvgIpc) is 3.10. The van der Waals surface area contributed by atoms with Crippen LogP contribution in [0.3, 0.4) is 0 Å². The molecule has 128 valence electrons. The number of rotatable bonds is 6. The van der Waals surface area contributed by atoms with Gasteiger partial charge in [0.2, 0.25) is 17.7 Å². The van der Waals surface area contributed by atoms with E-state index in [0.717, 1.165) is 11.1 Å². The summed E-state index contributed by atoms with van der Waals surface area (Å²) >= 11 is 0. The van der Waals surface area contributed by atoms with Crippen LogP contribution in [0.4, 0.5) is 0 Å². The first kappa shape index (κ1) is 16.9. The highest BCUT2D eigenvalue weighted by Gasteiger charge is 2.13. The first-order valence-electron chi connectivity index (χ1n) is 8.29. The van der Waals surface area contributed by atoms with Crippen molar-refractivity contribution in [1.29, 1.82) is 0 Å². The van der Waals surface area contributed by atoms with E-state index in [1.54, 1.807) is 11.9 Å². The summed E-state index contributed by atoms with van der Waals surface area (Å²) in [6, 6.07) is 17.8. The lowest BCUT2D eigenvalue weighted by Gasteiger charge is -2.16. The van der Waals surface area contributed by atoms with E-state index in [1.807, 2.05) is 61.5 Å². The standard InChI is InChI=1S/C20H21N3O2/c1-15-8-10-17(11-9-15)20-22-21-18(25-20)12-13-19(24)23(2)14-16-6-4-3-5-7-16/h3-11H,12-14H2,1-2H3. The molecule has 0 aliphatic rings. The van der Waals surface area contributed by atoms with E-state index in [9.17, 15) is 4.79 Å². The Morgan fingerprint density at radius 1 is 1.04 bits per heavy atom. The average molecular weight is 335 g/mol. The molecule has 25 heavy (non-hydrogen) atoms. The third kappa shape index (κ3) is 4.53. The molecule has 5 heteroatoms. The molecular weight excluding hydrogens is 314 g/mol. The first-order valence-corrected chi connectivity index (χ1v) is 8.29. The molecule has 0 aliphatic carbocycles. The lowest BCUT2D eigenvalue weighted by Crippen LogP contribution is -2.26. The normalized spacial score (nSPS) is 10.6. The van der Waals surface area contributed by atoms with E-state index in [0.29, 0.717) is 31.2 Å². The van der Waals surface area contributed by atoms with Crippen LogP contribution < -0.4 is 0 Å². The molecule has 0 aliphatic heterocycles. The van der Waals surface area contributed by atoms with Gasteiger partial charge in [0.1, 0.15) is 0 Å². The summed E-state index contributed by atoms with van der Waals surface area (Å²) in [5.41, 5.74) is 3.17. The number of carbonyl (C=O) groups is 1. The molecule has 0 unspecified atom stereocenters. The van der Waals surface area contributed by atoms with Crippen molar-refractivity contribution in [3.05, 3.63) is 71.6 Å². The van der Waals surface area contributed by atoms with Crippen LogP contribution in [0.1, 0.15) is 23.4 Å². The van der Waals surface area contributed by atoms with Crippen LogP contribution in [0.25, 0.3) is 11.5 Å². The lowest BCUT2D eigenvalue weighted by atomic mass is 10.1. The number of benzene rings is 2. The Bertz CT molecular complexity index is 826. The summed E-state index contributed by atoms with van der Waals surface area (Å²) in [6.45, 7) is 2.62. The number of hydrogen-bond acceptors (Lipinski definition) is 4. The van der Waals surface area contributed by atoms with E-state index in [1.165, 1.54) is 5.56 Å². The maximum absolute atomic E-state index is 12.3. The zero-order valence-electron chi connectivity index (χ0n) is 14.5. The number of amides is 1. The van der Waals surface area contributed by atoms with Gasteiger partial charge in [-0.3, -0.25) is 4.79 Å². The van der Waals surface area contributed by atoms with E-state index < -0.39 is 0 Å². The largest absolute Gasteiger partial charge is 0.421 e. The summed E-state index contributed by atoms with van der Waals surface area (Å²) in [7, 11) is 1.81. The number of nitrogens with zero attached hydrogens (tertiary/aromatic N) is 3. The van der Waals surface area contributed by atoms with E-state index in [2.05, 4.69) is 10.2 Å². The smallest absolute Gasteiger partial charge is 0.247 e. The van der Waals surface area contributed by atoms with Crippen LogP contribution in [0.2, 0.25) is 0 Å². The van der Waals surface area contributed by atoms with Gasteiger partial charge in [-0.05, 0) is 24.6 Å². The van der Waals surface area contributed by atoms with Crippen LogP contribution in [0.15, 0.2) is 59.0 Å². The molecule has 0 bridgehead atoms. The molecule has 1 amide bonds. The molecule has 2 aromatic carbocycles. The Labute approximate surface area is 147 Å². The molecule has 1 aromatic heterocycles. The van der Waals surface area contributed by atoms with E-state index in [-0.39, 0.29) is 5.91 Å². The van der Waals surface area contributed by atoms with Gasteiger partial charge in [0.25, 0.3) is 0 Å². The minimum Gasteiger partial charge on any atom is -0.421 e. The zero-order valence-corrected chi connectivity index (χ0v) is 14.5. The Hall–Kier alpha value is -2.95. The van der Waals surface area contributed by atoms with Gasteiger partial charge in [0, 0.05) is 32.0 Å². The molecule has 0 atom stereocenters. The van der Waals surface area contributed by atoms with Crippen LogP contribution in [-0.4, -0.2) is 28.1 Å². The van der Waals surface area contributed by atoms with Crippen LogP contribution in [-0.2, 0) is 17.8 Å². The SMILES string of the molecule is Cc1ccc(-c2nnc(CCC(=O)N(C)Cc3ccccc3)o2)cc1. The van der Waals surface area contributed by atoms with Crippen molar-refractivity contribution in [2.75, 3.05) is 7.05 Å². The van der Waals surface area contributed by atoms with Gasteiger partial charge in [-0.25, -0.2) is 0 Å². The van der Waals surface area contributed by atoms with Gasteiger partial charge in [0.15, 0.2) is 0 Å². The van der Waals surface area contributed by atoms with Crippen molar-refractivity contribution < 1.29 is 9.21 Å². The van der Waals surface area contributed by atoms with Gasteiger partial charge in [0.05, 0.1) is 0 Å². The molecule has 0 fully saturated rings. The fourth-order valence-corrected chi connectivity index (χ4v) is 2.52. The summed E-state index contributed by atoms with van der Waals surface area (Å²) in [5, 5.41) is 8.11. The second-order valence-corrected chi connectivity index (χ2v) is 6.10. The van der Waals surface area contributed by atoms with Gasteiger partial charge >= 0.3 is 0 Å². The van der Waals surface area contributed by atoms with Crippen LogP contribution >= 0.6 is 0 Å². The summed E-state index contributed by atoms with van der Waals surface area (Å²) < 4.78 is 5.67. The summed E-state index contributed by atoms with van der Waals surface area (Å²) in [6.07, 6.45) is 0.787. The predicted molar refractivity (Wildman–Crippen MR) is 95.7 cm³/mol. The second-order valence-electron chi connectivity index (χ2n) is 6.10. The van der Waals surface area contributed by atoms with Gasteiger partial charge in [-0.1, -0.05) is 48.0 Å². The Balaban J connectivity index is 1.54. The Kier molecular flexibility index (Phi) is 5.23. The van der Waals surface area contributed by atoms with E-state index >= 15 is 0 Å². The molecule has 0 saturated carbocycles. The molecule has 0 N–H and O–H groups in total. The number of aromatic nitrogens is 2. The Morgan fingerprint density at radius 2 is 1.76 bits per heavy atom. The zero-order chi connectivity index (χ0) is 17.6. The van der Waals surface area contributed by atoms with Crippen molar-refractivity contribution in [3.63, 3.8) is 0 Å². The molecule has 0 saturated heterocycles. The van der Waals surface area contributed by atoms with Crippen molar-refractivity contribution in [3.8, 4) is 11.5 Å². The third-order valence-corrected chi connectivity index (χ3v) is 4.01. The van der Waals surface area contributed by atoms with Crippen LogP contribution in [0, 0.1) is 6.92 Å². The third-order valence-electron chi connectivity index (χ3n) is 4.01. The maximum Gasteiger partial charge on any atom is 0.247 e. The minimum absolute atomic E-state index is 0.0546. The number of hydrogen-bond donors (Lipinski definition) is 0. The number of carbonyl (C=O) groups excluding carboxylic acids is 1. The van der Waals surface area contributed by atoms with Crippen molar-refractivity contribution in [1.82, 2.24) is 15.1 Å². The number of aryl methyl sites for hydroxylation is 2. The van der Waals surface area contributed by atoms with Crippen molar-refractivity contribution >= 4 is 5.91 Å². The summed E-state index contributed by atoms with van der Waals surface area (Å²) in [4.78, 5) is 14.0. The van der Waals surface area contributed by atoms with E-state index in [4.69, 9.17) is 4.42 Å². The Morgan fingerprint density at radius 3 is 2.48 bits per heavy atom. The molecule has 0 radical (unpaired) electrons. The molecule has 3 rings (SSSR count). The fourth-order valence-electron chi connectivity index (χ4n) is 2.52. The van der Waals surface area contributed by atoms with Gasteiger partial charge in [-0.2, -0.15) is 0 Å². The molecule has 1 heterocycles. The molecule has 0 spiro atoms. The highest BCUT2D eigenvalue weighted by molar-refractivity contribution is 5.76. The maximum atomic E-state index is 12.3. The lowest BCUT2D eigenvalue weighted by molar-refractivity contribution is -0.130.